The number of aliphatic hydroxyl groups excluding tert-OH is 2. The molecule has 4 aliphatic carbocycles. The second-order valence-electron chi connectivity index (χ2n) is 21.1. The summed E-state index contributed by atoms with van der Waals surface area (Å²) in [5.74, 6) is 0.961. The van der Waals surface area contributed by atoms with Gasteiger partial charge in [0.2, 0.25) is 0 Å². The highest BCUT2D eigenvalue weighted by Crippen LogP contribution is 2.67. The van der Waals surface area contributed by atoms with Gasteiger partial charge in [0.1, 0.15) is 29.5 Å². The minimum Gasteiger partial charge on any atom is -0.508 e. The van der Waals surface area contributed by atoms with Crippen LogP contribution in [0.25, 0.3) is 0 Å². The number of carbonyl (C=O) groups is 2. The normalized spacial score (nSPS) is 34.6. The summed E-state index contributed by atoms with van der Waals surface area (Å²) in [6.45, 7) is 25.2. The van der Waals surface area contributed by atoms with Gasteiger partial charge in [-0.15, -0.1) is 0 Å². The molecule has 1 aromatic carbocycles. The number of aliphatic hydroxyl groups is 3. The summed E-state index contributed by atoms with van der Waals surface area (Å²) in [6.07, 6.45) is 7.33. The number of rotatable bonds is 6. The summed E-state index contributed by atoms with van der Waals surface area (Å²) in [5.41, 5.74) is -0.863. The Bertz CT molecular complexity index is 1380. The maximum atomic E-state index is 13.4. The fourth-order valence-corrected chi connectivity index (χ4v) is 12.1. The van der Waals surface area contributed by atoms with Crippen molar-refractivity contribution in [1.82, 2.24) is 0 Å². The summed E-state index contributed by atoms with van der Waals surface area (Å²) in [4.78, 5) is 25.7. The lowest BCUT2D eigenvalue weighted by Gasteiger charge is -2.60. The van der Waals surface area contributed by atoms with Crippen molar-refractivity contribution in [3.8, 4) is 11.5 Å². The third-order valence-corrected chi connectivity index (χ3v) is 13.6. The molecule has 4 aliphatic rings. The first-order chi connectivity index (χ1) is 22.6. The van der Waals surface area contributed by atoms with Gasteiger partial charge in [-0.05, 0) is 115 Å². The van der Waals surface area contributed by atoms with E-state index in [9.17, 15) is 35.1 Å². The van der Waals surface area contributed by atoms with Gasteiger partial charge in [-0.1, -0.05) is 83.1 Å². The lowest BCUT2D eigenvalue weighted by molar-refractivity contribution is -0.180. The molecule has 0 unspecified atom stereocenters. The average molecular weight is 699 g/mol. The molecule has 284 valence electrons. The quantitative estimate of drug-likeness (QED) is 0.188. The molecule has 7 heteroatoms. The number of carbonyl (C=O) groups excluding carboxylic acids is 2. The first kappa shape index (κ1) is 40.8. The zero-order valence-electron chi connectivity index (χ0n) is 33.4. The third kappa shape index (κ3) is 7.57. The van der Waals surface area contributed by atoms with Crippen LogP contribution in [-0.2, 0) is 20.4 Å². The van der Waals surface area contributed by atoms with E-state index in [0.29, 0.717) is 23.8 Å². The van der Waals surface area contributed by atoms with E-state index in [-0.39, 0.29) is 63.1 Å². The van der Waals surface area contributed by atoms with Crippen molar-refractivity contribution in [3.05, 3.63) is 23.3 Å². The Morgan fingerprint density at radius 1 is 0.800 bits per heavy atom. The second kappa shape index (κ2) is 13.5. The number of benzene rings is 1. The Balaban J connectivity index is 0.000000226. The van der Waals surface area contributed by atoms with Crippen LogP contribution in [0.2, 0.25) is 0 Å². The summed E-state index contributed by atoms with van der Waals surface area (Å²) >= 11 is 0. The molecule has 8 atom stereocenters. The molecule has 0 aromatic heterocycles. The first-order valence-corrected chi connectivity index (χ1v) is 19.3. The summed E-state index contributed by atoms with van der Waals surface area (Å²) < 4.78 is 0. The van der Waals surface area contributed by atoms with E-state index in [4.69, 9.17) is 0 Å². The van der Waals surface area contributed by atoms with Crippen molar-refractivity contribution in [2.75, 3.05) is 6.61 Å². The molecule has 0 bridgehead atoms. The topological polar surface area (TPSA) is 135 Å². The number of ketones is 2. The van der Waals surface area contributed by atoms with Gasteiger partial charge in [0.05, 0.1) is 6.10 Å². The summed E-state index contributed by atoms with van der Waals surface area (Å²) in [7, 11) is 0. The molecule has 5 N–H and O–H groups in total. The predicted molar refractivity (Wildman–Crippen MR) is 199 cm³/mol. The Morgan fingerprint density at radius 2 is 1.30 bits per heavy atom. The number of phenolic OH excluding ortho intramolecular Hbond substituents is 2. The standard InChI is InChI=1S/C22H38O2.C21H32O5/c1-19(2,3)13-21(7,8)15-11-18(24)16(12-17(15)23)22(9,10)14-20(4,5)6;1-19-7-5-13(23)9-12(19)3-4-14-15-6-8-21(26,17(25)11-22)20(15,2)10-16(24)18(14)19/h11-12,23-24H,13-14H2,1-10H3;12-15,18,22-23,26H,3-11H2,1-2H3/t;12-,13-,14+,15+,18-,19+,20+,21+/m.1/s1. The van der Waals surface area contributed by atoms with Crippen molar-refractivity contribution < 1.29 is 35.1 Å². The van der Waals surface area contributed by atoms with E-state index >= 15 is 0 Å². The molecule has 50 heavy (non-hydrogen) atoms. The average Bonchev–Trinajstić information content (AvgIpc) is 3.22. The van der Waals surface area contributed by atoms with Crippen LogP contribution in [0, 0.1) is 45.3 Å². The van der Waals surface area contributed by atoms with Crippen molar-refractivity contribution in [1.29, 1.82) is 0 Å². The Labute approximate surface area is 302 Å². The van der Waals surface area contributed by atoms with Crippen LogP contribution in [0.4, 0.5) is 0 Å². The molecule has 0 radical (unpaired) electrons. The van der Waals surface area contributed by atoms with Gasteiger partial charge in [-0.2, -0.15) is 0 Å². The van der Waals surface area contributed by atoms with Crippen LogP contribution in [0.3, 0.4) is 0 Å². The van der Waals surface area contributed by atoms with Crippen molar-refractivity contribution in [2.45, 2.75) is 170 Å². The molecule has 7 nitrogen and oxygen atoms in total. The highest BCUT2D eigenvalue weighted by atomic mass is 16.3. The van der Waals surface area contributed by atoms with Crippen LogP contribution in [0.1, 0.15) is 158 Å². The van der Waals surface area contributed by atoms with Crippen LogP contribution in [0.5, 0.6) is 11.5 Å². The zero-order chi connectivity index (χ0) is 38.0. The van der Waals surface area contributed by atoms with Gasteiger partial charge in [0, 0.05) is 28.9 Å². The number of hydrogen-bond donors (Lipinski definition) is 5. The van der Waals surface area contributed by atoms with Crippen LogP contribution < -0.4 is 0 Å². The Hall–Kier alpha value is -1.96. The van der Waals surface area contributed by atoms with Crippen LogP contribution >= 0.6 is 0 Å². The lowest BCUT2D eigenvalue weighted by atomic mass is 9.44. The van der Waals surface area contributed by atoms with Gasteiger partial charge in [0.15, 0.2) is 5.78 Å². The number of phenols is 2. The van der Waals surface area contributed by atoms with E-state index in [2.05, 4.69) is 76.2 Å². The zero-order valence-corrected chi connectivity index (χ0v) is 33.4. The second-order valence-corrected chi connectivity index (χ2v) is 21.1. The minimum absolute atomic E-state index is 0.0154. The molecule has 5 rings (SSSR count). The minimum atomic E-state index is -1.58. The van der Waals surface area contributed by atoms with Gasteiger partial charge < -0.3 is 25.5 Å². The van der Waals surface area contributed by atoms with Gasteiger partial charge in [0.25, 0.3) is 0 Å². The molecule has 0 saturated heterocycles. The van der Waals surface area contributed by atoms with E-state index < -0.39 is 23.4 Å². The first-order valence-electron chi connectivity index (χ1n) is 19.3. The van der Waals surface area contributed by atoms with E-state index in [1.54, 1.807) is 12.1 Å². The predicted octanol–water partition coefficient (Wildman–Crippen LogP) is 8.39. The molecule has 0 spiro atoms. The summed E-state index contributed by atoms with van der Waals surface area (Å²) in [6, 6.07) is 3.56. The van der Waals surface area contributed by atoms with Gasteiger partial charge in [-0.3, -0.25) is 9.59 Å². The van der Waals surface area contributed by atoms with Gasteiger partial charge >= 0.3 is 0 Å². The van der Waals surface area contributed by atoms with Crippen molar-refractivity contribution in [2.24, 2.45) is 45.3 Å². The highest BCUT2D eigenvalue weighted by Gasteiger charge is 2.68. The smallest absolute Gasteiger partial charge is 0.190 e. The molecule has 1 aromatic rings. The lowest BCUT2D eigenvalue weighted by Crippen LogP contribution is -2.62. The van der Waals surface area contributed by atoms with E-state index in [1.807, 2.05) is 6.92 Å². The van der Waals surface area contributed by atoms with E-state index in [1.165, 1.54) is 0 Å². The number of hydrogen-bond acceptors (Lipinski definition) is 7. The summed E-state index contributed by atoms with van der Waals surface area (Å²) in [5, 5.41) is 52.0. The molecular formula is C43H70O7. The molecule has 0 aliphatic heterocycles. The molecule has 0 heterocycles. The number of aromatic hydroxyl groups is 2. The van der Waals surface area contributed by atoms with Crippen molar-refractivity contribution in [3.63, 3.8) is 0 Å². The van der Waals surface area contributed by atoms with Crippen LogP contribution in [-0.4, -0.2) is 55.4 Å². The molecular weight excluding hydrogens is 628 g/mol. The fourth-order valence-electron chi connectivity index (χ4n) is 12.1. The molecule has 4 saturated carbocycles. The molecule has 4 fully saturated rings. The number of fused-ring (bicyclic) bond motifs is 5. The number of Topliss-reactive ketones (excluding diaryl/α,β-unsaturated/α-hetero) is 2. The maximum absolute atomic E-state index is 13.4. The Kier molecular flexibility index (Phi) is 11.0. The highest BCUT2D eigenvalue weighted by molar-refractivity contribution is 5.92. The third-order valence-electron chi connectivity index (χ3n) is 13.6. The van der Waals surface area contributed by atoms with Crippen molar-refractivity contribution >= 4 is 11.6 Å². The van der Waals surface area contributed by atoms with E-state index in [0.717, 1.165) is 62.5 Å². The molecule has 0 amide bonds. The maximum Gasteiger partial charge on any atom is 0.190 e. The SMILES string of the molecule is CC(C)(C)CC(C)(C)c1cc(O)c(C(C)(C)CC(C)(C)C)cc1O.C[C@]12CC[C@@H](O)C[C@H]1CC[C@@H]1[C@@H]2C(=O)C[C@@]2(C)[C@H]1CC[C@]2(O)C(=O)CO. The van der Waals surface area contributed by atoms with Crippen LogP contribution in [0.15, 0.2) is 12.1 Å². The Morgan fingerprint density at radius 3 is 1.76 bits per heavy atom. The monoisotopic (exact) mass is 699 g/mol. The van der Waals surface area contributed by atoms with Gasteiger partial charge in [-0.25, -0.2) is 0 Å². The fraction of sp³-hybridized carbons (Fsp3) is 0.814. The largest absolute Gasteiger partial charge is 0.508 e.